The lowest BCUT2D eigenvalue weighted by atomic mass is 10.2. The highest BCUT2D eigenvalue weighted by Gasteiger charge is 2.06. The first-order chi connectivity index (χ1) is 14.7. The number of rotatable bonds is 11. The van der Waals surface area contributed by atoms with Crippen molar-refractivity contribution in [2.45, 2.75) is 33.2 Å². The first-order valence-electron chi connectivity index (χ1n) is 10.5. The maximum Gasteiger partial charge on any atom is 0.132 e. The van der Waals surface area contributed by atoms with Gasteiger partial charge in [-0.1, -0.05) is 19.9 Å². The molecule has 0 fully saturated rings. The van der Waals surface area contributed by atoms with Gasteiger partial charge < -0.3 is 20.9 Å². The topological polar surface area (TPSA) is 78.0 Å². The van der Waals surface area contributed by atoms with Crippen LogP contribution in [0, 0.1) is 0 Å². The minimum atomic E-state index is 0.672. The molecule has 0 saturated heterocycles. The maximum atomic E-state index is 4.60. The lowest BCUT2D eigenvalue weighted by molar-refractivity contribution is 0.968. The van der Waals surface area contributed by atoms with Gasteiger partial charge in [-0.2, -0.15) is 0 Å². The highest BCUT2D eigenvalue weighted by atomic mass is 15.2. The van der Waals surface area contributed by atoms with Crippen LogP contribution in [0.15, 0.2) is 55.0 Å². The molecule has 0 atom stereocenters. The third kappa shape index (κ3) is 6.07. The van der Waals surface area contributed by atoms with Crippen LogP contribution in [-0.4, -0.2) is 35.1 Å². The minimum Gasteiger partial charge on any atom is -0.384 e. The van der Waals surface area contributed by atoms with Crippen molar-refractivity contribution < 1.29 is 0 Å². The summed E-state index contributed by atoms with van der Waals surface area (Å²) in [7, 11) is 1.99. The Bertz CT molecular complexity index is 877. The van der Waals surface area contributed by atoms with E-state index >= 15 is 0 Å². The van der Waals surface area contributed by atoms with Crippen molar-refractivity contribution in [2.24, 2.45) is 0 Å². The Morgan fingerprint density at radius 3 is 2.10 bits per heavy atom. The van der Waals surface area contributed by atoms with Gasteiger partial charge in [0.1, 0.15) is 17.5 Å². The van der Waals surface area contributed by atoms with Crippen molar-refractivity contribution in [3.05, 3.63) is 60.6 Å². The van der Waals surface area contributed by atoms with Crippen molar-refractivity contribution in [2.75, 3.05) is 41.0 Å². The van der Waals surface area contributed by atoms with Crippen LogP contribution in [0.3, 0.4) is 0 Å². The molecular weight excluding hydrogens is 374 g/mol. The molecule has 0 amide bonds. The van der Waals surface area contributed by atoms with Crippen LogP contribution in [-0.2, 0) is 6.54 Å². The van der Waals surface area contributed by atoms with Crippen LogP contribution in [0.1, 0.15) is 32.3 Å². The third-order valence-electron chi connectivity index (χ3n) is 4.66. The molecule has 3 heterocycles. The van der Waals surface area contributed by atoms with Gasteiger partial charge in [0.05, 0.1) is 23.8 Å². The third-order valence-corrected chi connectivity index (χ3v) is 4.66. The molecule has 0 saturated carbocycles. The van der Waals surface area contributed by atoms with Gasteiger partial charge in [-0.15, -0.1) is 0 Å². The van der Waals surface area contributed by atoms with E-state index in [2.05, 4.69) is 50.8 Å². The van der Waals surface area contributed by atoms with Gasteiger partial charge in [0.2, 0.25) is 0 Å². The summed E-state index contributed by atoms with van der Waals surface area (Å²) in [5.41, 5.74) is 3.14. The number of nitrogens with one attached hydrogen (secondary N) is 3. The normalized spacial score (nSPS) is 10.5. The zero-order chi connectivity index (χ0) is 21.2. The number of aromatic nitrogens is 3. The van der Waals surface area contributed by atoms with E-state index in [1.54, 1.807) is 0 Å². The van der Waals surface area contributed by atoms with Gasteiger partial charge in [-0.3, -0.25) is 0 Å². The second kappa shape index (κ2) is 11.0. The van der Waals surface area contributed by atoms with Crippen molar-refractivity contribution in [1.29, 1.82) is 0 Å². The molecule has 3 rings (SSSR count). The van der Waals surface area contributed by atoms with E-state index in [9.17, 15) is 0 Å². The summed E-state index contributed by atoms with van der Waals surface area (Å²) < 4.78 is 0. The fraction of sp³-hybridized carbons (Fsp3) is 0.348. The summed E-state index contributed by atoms with van der Waals surface area (Å²) in [6.45, 7) is 6.83. The number of pyridine rings is 3. The molecule has 0 aliphatic rings. The lowest BCUT2D eigenvalue weighted by Crippen LogP contribution is -2.12. The Hall–Kier alpha value is -3.35. The summed E-state index contributed by atoms with van der Waals surface area (Å²) >= 11 is 0. The van der Waals surface area contributed by atoms with E-state index in [1.165, 1.54) is 0 Å². The van der Waals surface area contributed by atoms with Crippen LogP contribution >= 0.6 is 0 Å². The number of hydrogen-bond donors (Lipinski definition) is 3. The van der Waals surface area contributed by atoms with E-state index in [4.69, 9.17) is 0 Å². The van der Waals surface area contributed by atoms with Gasteiger partial charge in [0.15, 0.2) is 0 Å². The van der Waals surface area contributed by atoms with Crippen LogP contribution < -0.4 is 20.9 Å². The van der Waals surface area contributed by atoms with Crippen molar-refractivity contribution in [3.63, 3.8) is 0 Å². The van der Waals surface area contributed by atoms with Gasteiger partial charge in [-0.05, 0) is 48.7 Å². The summed E-state index contributed by atoms with van der Waals surface area (Å²) in [4.78, 5) is 15.5. The Kier molecular flexibility index (Phi) is 7.83. The van der Waals surface area contributed by atoms with E-state index in [-0.39, 0.29) is 0 Å². The van der Waals surface area contributed by atoms with Crippen LogP contribution in [0.4, 0.5) is 28.8 Å². The highest BCUT2D eigenvalue weighted by molar-refractivity contribution is 5.59. The van der Waals surface area contributed by atoms with E-state index in [1.807, 2.05) is 60.9 Å². The smallest absolute Gasteiger partial charge is 0.132 e. The Labute approximate surface area is 179 Å². The molecule has 3 aromatic heterocycles. The fourth-order valence-corrected chi connectivity index (χ4v) is 2.86. The molecule has 7 nitrogen and oxygen atoms in total. The quantitative estimate of drug-likeness (QED) is 0.419. The molecule has 0 radical (unpaired) electrons. The Morgan fingerprint density at radius 2 is 1.47 bits per heavy atom. The first kappa shape index (κ1) is 21.4. The van der Waals surface area contributed by atoms with Crippen molar-refractivity contribution in [1.82, 2.24) is 15.0 Å². The average Bonchev–Trinajstić information content (AvgIpc) is 2.81. The van der Waals surface area contributed by atoms with E-state index in [0.717, 1.165) is 60.3 Å². The van der Waals surface area contributed by atoms with Crippen molar-refractivity contribution >= 4 is 28.8 Å². The molecule has 158 valence electrons. The largest absolute Gasteiger partial charge is 0.384 e. The SMILES string of the molecule is CCCNc1ccc(NCc2ccc(N(C)c3ccc(NCCC)nc3)nc2)nc1. The average molecular weight is 406 g/mol. The van der Waals surface area contributed by atoms with Gasteiger partial charge in [0.25, 0.3) is 0 Å². The standard InChI is InChI=1S/C23H31N7/c1-4-12-24-19-7-9-22(27-16-19)26-14-18-6-11-23(29-15-18)30(3)20-8-10-21(28-17-20)25-13-5-2/h6-11,15-17,24H,4-5,12-14H2,1-3H3,(H,25,28)(H,26,27). The van der Waals surface area contributed by atoms with Gasteiger partial charge in [0, 0.05) is 32.9 Å². The molecule has 3 aromatic rings. The van der Waals surface area contributed by atoms with Crippen LogP contribution in [0.2, 0.25) is 0 Å². The van der Waals surface area contributed by atoms with E-state index < -0.39 is 0 Å². The Balaban J connectivity index is 1.54. The van der Waals surface area contributed by atoms with Crippen molar-refractivity contribution in [3.8, 4) is 0 Å². The minimum absolute atomic E-state index is 0.672. The van der Waals surface area contributed by atoms with E-state index in [0.29, 0.717) is 6.54 Å². The molecule has 0 aliphatic carbocycles. The highest BCUT2D eigenvalue weighted by Crippen LogP contribution is 2.22. The van der Waals surface area contributed by atoms with Gasteiger partial charge in [-0.25, -0.2) is 15.0 Å². The summed E-state index contributed by atoms with van der Waals surface area (Å²) in [5.74, 6) is 2.62. The zero-order valence-corrected chi connectivity index (χ0v) is 18.0. The van der Waals surface area contributed by atoms with Gasteiger partial charge >= 0.3 is 0 Å². The lowest BCUT2D eigenvalue weighted by Gasteiger charge is -2.18. The molecule has 0 spiro atoms. The maximum absolute atomic E-state index is 4.60. The second-order valence-corrected chi connectivity index (χ2v) is 7.12. The molecule has 0 bridgehead atoms. The summed E-state index contributed by atoms with van der Waals surface area (Å²) in [6.07, 6.45) is 7.77. The number of hydrogen-bond acceptors (Lipinski definition) is 7. The Morgan fingerprint density at radius 1 is 0.733 bits per heavy atom. The second-order valence-electron chi connectivity index (χ2n) is 7.12. The fourth-order valence-electron chi connectivity index (χ4n) is 2.86. The predicted octanol–water partition coefficient (Wildman–Crippen LogP) is 4.90. The van der Waals surface area contributed by atoms with Crippen LogP contribution in [0.25, 0.3) is 0 Å². The molecule has 7 heteroatoms. The summed E-state index contributed by atoms with van der Waals surface area (Å²) in [6, 6.07) is 12.2. The predicted molar refractivity (Wildman–Crippen MR) is 126 cm³/mol. The molecule has 30 heavy (non-hydrogen) atoms. The number of anilines is 5. The van der Waals surface area contributed by atoms with Crippen LogP contribution in [0.5, 0.6) is 0 Å². The number of nitrogens with zero attached hydrogens (tertiary/aromatic N) is 4. The molecule has 0 unspecified atom stereocenters. The molecule has 0 aromatic carbocycles. The molecule has 3 N–H and O–H groups in total. The molecular formula is C23H31N7. The monoisotopic (exact) mass is 405 g/mol. The summed E-state index contributed by atoms with van der Waals surface area (Å²) in [5, 5.41) is 9.95. The molecule has 0 aliphatic heterocycles. The first-order valence-corrected chi connectivity index (χ1v) is 10.5. The zero-order valence-electron chi connectivity index (χ0n) is 18.0.